The predicted octanol–water partition coefficient (Wildman–Crippen LogP) is 2.75. The summed E-state index contributed by atoms with van der Waals surface area (Å²) in [5, 5.41) is 0. The Morgan fingerprint density at radius 3 is 2.28 bits per heavy atom. The normalized spacial score (nSPS) is 19.5. The molecule has 3 heteroatoms. The van der Waals surface area contributed by atoms with E-state index in [1.54, 1.807) is 6.92 Å². The van der Waals surface area contributed by atoms with E-state index in [-0.39, 0.29) is 11.4 Å². The van der Waals surface area contributed by atoms with Crippen LogP contribution in [0.3, 0.4) is 0 Å². The van der Waals surface area contributed by atoms with Gasteiger partial charge in [0.05, 0.1) is 0 Å². The molecular weight excluding hydrogens is 226 g/mol. The minimum Gasteiger partial charge on any atom is -0.487 e. The van der Waals surface area contributed by atoms with Crippen molar-refractivity contribution < 1.29 is 9.53 Å². The zero-order chi connectivity index (χ0) is 13.2. The Bertz CT molecular complexity index is 417. The van der Waals surface area contributed by atoms with Gasteiger partial charge in [0.15, 0.2) is 5.78 Å². The second kappa shape index (κ2) is 5.11. The van der Waals surface area contributed by atoms with Crippen LogP contribution in [0.4, 0.5) is 0 Å². The van der Waals surface area contributed by atoms with Crippen molar-refractivity contribution >= 4 is 5.78 Å². The van der Waals surface area contributed by atoms with Gasteiger partial charge in [-0.25, -0.2) is 0 Å². The molecule has 98 valence electrons. The molecule has 1 fully saturated rings. The van der Waals surface area contributed by atoms with Crippen LogP contribution in [0.15, 0.2) is 24.3 Å². The quantitative estimate of drug-likeness (QED) is 0.769. The monoisotopic (exact) mass is 247 g/mol. The molecule has 1 aromatic carbocycles. The average Bonchev–Trinajstić information content (AvgIpc) is 2.34. The molecule has 1 heterocycles. The molecule has 0 spiro atoms. The standard InChI is InChI=1S/C15H21NO2/c1-12(17)13-4-6-14(7-5-13)18-15(2)8-10-16(3)11-9-15/h4-7H,8-11H2,1-3H3. The highest BCUT2D eigenvalue weighted by atomic mass is 16.5. The van der Waals surface area contributed by atoms with Crippen LogP contribution >= 0.6 is 0 Å². The fraction of sp³-hybridized carbons (Fsp3) is 0.533. The van der Waals surface area contributed by atoms with E-state index >= 15 is 0 Å². The van der Waals surface area contributed by atoms with Crippen molar-refractivity contribution in [3.05, 3.63) is 29.8 Å². The van der Waals surface area contributed by atoms with Crippen molar-refractivity contribution in [3.8, 4) is 5.75 Å². The first kappa shape index (κ1) is 13.1. The van der Waals surface area contributed by atoms with Gasteiger partial charge in [0.1, 0.15) is 11.4 Å². The zero-order valence-electron chi connectivity index (χ0n) is 11.4. The van der Waals surface area contributed by atoms with Crippen molar-refractivity contribution in [1.29, 1.82) is 0 Å². The van der Waals surface area contributed by atoms with Gasteiger partial charge in [-0.05, 0) is 58.0 Å². The second-order valence-corrected chi connectivity index (χ2v) is 5.44. The fourth-order valence-corrected chi connectivity index (χ4v) is 2.24. The molecule has 0 saturated carbocycles. The Hall–Kier alpha value is -1.35. The van der Waals surface area contributed by atoms with Crippen molar-refractivity contribution in [2.75, 3.05) is 20.1 Å². The lowest BCUT2D eigenvalue weighted by Crippen LogP contribution is -2.44. The number of nitrogens with zero attached hydrogens (tertiary/aromatic N) is 1. The van der Waals surface area contributed by atoms with Crippen LogP contribution in [0.5, 0.6) is 5.75 Å². The number of Topliss-reactive ketones (excluding diaryl/α,β-unsaturated/α-hetero) is 1. The Morgan fingerprint density at radius 2 is 1.78 bits per heavy atom. The van der Waals surface area contributed by atoms with E-state index in [9.17, 15) is 4.79 Å². The molecule has 0 amide bonds. The summed E-state index contributed by atoms with van der Waals surface area (Å²) in [6.07, 6.45) is 2.08. The molecule has 0 radical (unpaired) electrons. The minimum absolute atomic E-state index is 0.0791. The summed E-state index contributed by atoms with van der Waals surface area (Å²) in [5.41, 5.74) is 0.653. The molecule has 3 nitrogen and oxygen atoms in total. The van der Waals surface area contributed by atoms with Crippen molar-refractivity contribution in [2.45, 2.75) is 32.3 Å². The molecule has 1 aromatic rings. The van der Waals surface area contributed by atoms with Gasteiger partial charge in [-0.3, -0.25) is 4.79 Å². The van der Waals surface area contributed by atoms with Crippen LogP contribution < -0.4 is 4.74 Å². The van der Waals surface area contributed by atoms with E-state index < -0.39 is 0 Å². The van der Waals surface area contributed by atoms with Crippen molar-refractivity contribution in [3.63, 3.8) is 0 Å². The van der Waals surface area contributed by atoms with Gasteiger partial charge in [-0.2, -0.15) is 0 Å². The Balaban J connectivity index is 2.02. The van der Waals surface area contributed by atoms with Gasteiger partial charge < -0.3 is 9.64 Å². The highest BCUT2D eigenvalue weighted by molar-refractivity contribution is 5.94. The molecule has 0 aromatic heterocycles. The second-order valence-electron chi connectivity index (χ2n) is 5.44. The number of hydrogen-bond donors (Lipinski definition) is 0. The number of rotatable bonds is 3. The topological polar surface area (TPSA) is 29.5 Å². The summed E-state index contributed by atoms with van der Waals surface area (Å²) in [6.45, 7) is 5.89. The summed E-state index contributed by atoms with van der Waals surface area (Å²) in [5.74, 6) is 0.944. The molecular formula is C15H21NO2. The largest absolute Gasteiger partial charge is 0.487 e. The molecule has 0 bridgehead atoms. The predicted molar refractivity (Wildman–Crippen MR) is 72.2 cm³/mol. The number of carbonyl (C=O) groups excluding carboxylic acids is 1. The average molecular weight is 247 g/mol. The Morgan fingerprint density at radius 1 is 1.22 bits per heavy atom. The number of ketones is 1. The van der Waals surface area contributed by atoms with Crippen molar-refractivity contribution in [2.24, 2.45) is 0 Å². The van der Waals surface area contributed by atoms with Gasteiger partial charge in [-0.1, -0.05) is 0 Å². The zero-order valence-corrected chi connectivity index (χ0v) is 11.4. The smallest absolute Gasteiger partial charge is 0.159 e. The molecule has 0 unspecified atom stereocenters. The molecule has 0 atom stereocenters. The van der Waals surface area contributed by atoms with E-state index in [2.05, 4.69) is 18.9 Å². The van der Waals surface area contributed by atoms with E-state index in [1.807, 2.05) is 24.3 Å². The third kappa shape index (κ3) is 3.10. The van der Waals surface area contributed by atoms with Crippen LogP contribution in [0.2, 0.25) is 0 Å². The molecule has 0 aliphatic carbocycles. The van der Waals surface area contributed by atoms with Gasteiger partial charge in [0, 0.05) is 18.7 Å². The molecule has 1 aliphatic heterocycles. The van der Waals surface area contributed by atoms with Gasteiger partial charge in [0.2, 0.25) is 0 Å². The SMILES string of the molecule is CC(=O)c1ccc(OC2(C)CCN(C)CC2)cc1. The van der Waals surface area contributed by atoms with E-state index in [4.69, 9.17) is 4.74 Å². The Labute approximate surface area is 109 Å². The maximum atomic E-state index is 11.2. The van der Waals surface area contributed by atoms with Crippen LogP contribution in [0.1, 0.15) is 37.0 Å². The van der Waals surface area contributed by atoms with Crippen LogP contribution in [0.25, 0.3) is 0 Å². The molecule has 0 N–H and O–H groups in total. The maximum absolute atomic E-state index is 11.2. The van der Waals surface area contributed by atoms with Gasteiger partial charge >= 0.3 is 0 Å². The van der Waals surface area contributed by atoms with Crippen LogP contribution in [-0.4, -0.2) is 36.4 Å². The third-order valence-corrected chi connectivity index (χ3v) is 3.67. The Kier molecular flexibility index (Phi) is 3.71. The van der Waals surface area contributed by atoms with Crippen LogP contribution in [-0.2, 0) is 0 Å². The maximum Gasteiger partial charge on any atom is 0.159 e. The van der Waals surface area contributed by atoms with Gasteiger partial charge in [0.25, 0.3) is 0 Å². The lowest BCUT2D eigenvalue weighted by Gasteiger charge is -2.38. The van der Waals surface area contributed by atoms with E-state index in [1.165, 1.54) is 0 Å². The lowest BCUT2D eigenvalue weighted by atomic mass is 9.93. The summed E-state index contributed by atoms with van der Waals surface area (Å²) in [6, 6.07) is 7.44. The molecule has 18 heavy (non-hydrogen) atoms. The number of piperidine rings is 1. The third-order valence-electron chi connectivity index (χ3n) is 3.67. The number of benzene rings is 1. The van der Waals surface area contributed by atoms with E-state index in [0.717, 1.165) is 37.2 Å². The van der Waals surface area contributed by atoms with Crippen molar-refractivity contribution in [1.82, 2.24) is 4.90 Å². The van der Waals surface area contributed by atoms with E-state index in [0.29, 0.717) is 0 Å². The summed E-state index contributed by atoms with van der Waals surface area (Å²) in [7, 11) is 2.14. The summed E-state index contributed by atoms with van der Waals surface area (Å²) >= 11 is 0. The highest BCUT2D eigenvalue weighted by Crippen LogP contribution is 2.28. The molecule has 1 saturated heterocycles. The number of likely N-dealkylation sites (tertiary alicyclic amines) is 1. The summed E-state index contributed by atoms with van der Waals surface area (Å²) in [4.78, 5) is 13.5. The minimum atomic E-state index is -0.0791. The number of hydrogen-bond acceptors (Lipinski definition) is 3. The fourth-order valence-electron chi connectivity index (χ4n) is 2.24. The van der Waals surface area contributed by atoms with Crippen LogP contribution in [0, 0.1) is 0 Å². The molecule has 1 aliphatic rings. The lowest BCUT2D eigenvalue weighted by molar-refractivity contribution is 0.0241. The highest BCUT2D eigenvalue weighted by Gasteiger charge is 2.30. The molecule has 2 rings (SSSR count). The number of ether oxygens (including phenoxy) is 1. The first-order valence-electron chi connectivity index (χ1n) is 6.47. The first-order valence-corrected chi connectivity index (χ1v) is 6.47. The summed E-state index contributed by atoms with van der Waals surface area (Å²) < 4.78 is 6.09. The van der Waals surface area contributed by atoms with Gasteiger partial charge in [-0.15, -0.1) is 0 Å². The first-order chi connectivity index (χ1) is 8.48. The number of carbonyl (C=O) groups is 1.